The van der Waals surface area contributed by atoms with E-state index in [4.69, 9.17) is 27.9 Å². The van der Waals surface area contributed by atoms with Gasteiger partial charge >= 0.3 is 0 Å². The molecule has 1 atom stereocenters. The summed E-state index contributed by atoms with van der Waals surface area (Å²) in [7, 11) is 0. The molecule has 0 bridgehead atoms. The molecule has 3 rings (SSSR count). The van der Waals surface area contributed by atoms with Crippen molar-refractivity contribution >= 4 is 53.7 Å². The van der Waals surface area contributed by atoms with E-state index in [1.807, 2.05) is 24.3 Å². The molecule has 156 valence electrons. The zero-order valence-corrected chi connectivity index (χ0v) is 18.6. The SMILES string of the molecule is Cl.Cl.OC(CCN1CCN(c2ccc(Cl)cc2)CC1)COc1ccc(Cl)cc1. The van der Waals surface area contributed by atoms with Crippen LogP contribution in [0.1, 0.15) is 6.42 Å². The first-order chi connectivity index (χ1) is 12.6. The van der Waals surface area contributed by atoms with Crippen LogP contribution in [-0.2, 0) is 0 Å². The van der Waals surface area contributed by atoms with Gasteiger partial charge in [0.1, 0.15) is 12.4 Å². The molecule has 0 aliphatic carbocycles. The molecule has 2 aromatic rings. The van der Waals surface area contributed by atoms with Crippen LogP contribution in [0.2, 0.25) is 10.0 Å². The van der Waals surface area contributed by atoms with Gasteiger partial charge in [0.25, 0.3) is 0 Å². The van der Waals surface area contributed by atoms with Gasteiger partial charge < -0.3 is 14.7 Å². The van der Waals surface area contributed by atoms with Crippen molar-refractivity contribution in [2.45, 2.75) is 12.5 Å². The second-order valence-corrected chi connectivity index (χ2v) is 7.39. The number of rotatable bonds is 7. The maximum Gasteiger partial charge on any atom is 0.119 e. The summed E-state index contributed by atoms with van der Waals surface area (Å²) in [6.07, 6.45) is 0.231. The van der Waals surface area contributed by atoms with Gasteiger partial charge in [0, 0.05) is 48.5 Å². The van der Waals surface area contributed by atoms with Gasteiger partial charge in [-0.1, -0.05) is 23.2 Å². The van der Waals surface area contributed by atoms with Crippen molar-refractivity contribution in [2.24, 2.45) is 0 Å². The van der Waals surface area contributed by atoms with Gasteiger partial charge in [-0.2, -0.15) is 0 Å². The summed E-state index contributed by atoms with van der Waals surface area (Å²) in [5.74, 6) is 0.727. The Balaban J connectivity index is 0.00000196. The fourth-order valence-electron chi connectivity index (χ4n) is 3.02. The van der Waals surface area contributed by atoms with Gasteiger partial charge in [-0.3, -0.25) is 4.90 Å². The average Bonchev–Trinajstić information content (AvgIpc) is 2.67. The monoisotopic (exact) mass is 466 g/mol. The number of nitrogens with zero attached hydrogens (tertiary/aromatic N) is 2. The lowest BCUT2D eigenvalue weighted by molar-refractivity contribution is 0.0866. The Morgan fingerprint density at radius 3 is 1.96 bits per heavy atom. The molecule has 1 saturated heterocycles. The van der Waals surface area contributed by atoms with E-state index in [0.717, 1.165) is 43.5 Å². The Morgan fingerprint density at radius 1 is 0.857 bits per heavy atom. The number of piperazine rings is 1. The molecule has 1 heterocycles. The van der Waals surface area contributed by atoms with E-state index in [2.05, 4.69) is 21.9 Å². The number of anilines is 1. The number of hydrogen-bond donors (Lipinski definition) is 1. The molecule has 0 radical (unpaired) electrons. The Hall–Kier alpha value is -0.880. The number of aliphatic hydroxyl groups excluding tert-OH is 1. The zero-order valence-electron chi connectivity index (χ0n) is 15.5. The fourth-order valence-corrected chi connectivity index (χ4v) is 3.27. The van der Waals surface area contributed by atoms with Crippen LogP contribution < -0.4 is 9.64 Å². The van der Waals surface area contributed by atoms with Gasteiger partial charge in [0.05, 0.1) is 6.10 Å². The van der Waals surface area contributed by atoms with Crippen molar-refractivity contribution < 1.29 is 9.84 Å². The summed E-state index contributed by atoms with van der Waals surface area (Å²) >= 11 is 11.8. The van der Waals surface area contributed by atoms with Crippen molar-refractivity contribution in [3.8, 4) is 5.75 Å². The molecule has 28 heavy (non-hydrogen) atoms. The first-order valence-electron chi connectivity index (χ1n) is 8.89. The number of halogens is 4. The van der Waals surface area contributed by atoms with Crippen molar-refractivity contribution in [1.82, 2.24) is 4.90 Å². The minimum absolute atomic E-state index is 0. The third-order valence-corrected chi connectivity index (χ3v) is 5.10. The molecule has 0 aromatic heterocycles. The lowest BCUT2D eigenvalue weighted by Gasteiger charge is -2.36. The molecule has 1 unspecified atom stereocenters. The predicted octanol–water partition coefficient (Wildman–Crippen LogP) is 4.79. The van der Waals surface area contributed by atoms with Crippen LogP contribution in [0.15, 0.2) is 48.5 Å². The van der Waals surface area contributed by atoms with Crippen LogP contribution in [0.5, 0.6) is 5.75 Å². The topological polar surface area (TPSA) is 35.9 Å². The third kappa shape index (κ3) is 7.86. The molecule has 0 spiro atoms. The molecular weight excluding hydrogens is 442 g/mol. The fraction of sp³-hybridized carbons (Fsp3) is 0.400. The zero-order chi connectivity index (χ0) is 18.4. The van der Waals surface area contributed by atoms with Gasteiger partial charge in [-0.05, 0) is 55.0 Å². The van der Waals surface area contributed by atoms with Crippen LogP contribution in [0.4, 0.5) is 5.69 Å². The first kappa shape index (κ1) is 25.2. The number of aliphatic hydroxyl groups is 1. The molecule has 1 aliphatic heterocycles. The Kier molecular flexibility index (Phi) is 11.4. The van der Waals surface area contributed by atoms with Crippen LogP contribution in [0, 0.1) is 0 Å². The molecule has 1 N–H and O–H groups in total. The first-order valence-corrected chi connectivity index (χ1v) is 9.65. The molecule has 1 aliphatic rings. The van der Waals surface area contributed by atoms with Gasteiger partial charge in [0.2, 0.25) is 0 Å². The third-order valence-electron chi connectivity index (χ3n) is 4.60. The van der Waals surface area contributed by atoms with Crippen molar-refractivity contribution in [2.75, 3.05) is 44.2 Å². The quantitative estimate of drug-likeness (QED) is 0.634. The molecule has 1 fully saturated rings. The summed E-state index contributed by atoms with van der Waals surface area (Å²) < 4.78 is 5.60. The number of ether oxygens (including phenoxy) is 1. The number of hydrogen-bond acceptors (Lipinski definition) is 4. The summed E-state index contributed by atoms with van der Waals surface area (Å²) in [4.78, 5) is 4.75. The second-order valence-electron chi connectivity index (χ2n) is 6.51. The van der Waals surface area contributed by atoms with Crippen molar-refractivity contribution in [3.63, 3.8) is 0 Å². The van der Waals surface area contributed by atoms with E-state index in [9.17, 15) is 5.11 Å². The highest BCUT2D eigenvalue weighted by Gasteiger charge is 2.18. The molecule has 0 amide bonds. The standard InChI is InChI=1S/C20H24Cl2N2O2.2ClH/c21-16-1-5-18(6-2-16)24-13-11-23(12-14-24)10-9-19(25)15-26-20-7-3-17(22)4-8-20;;/h1-8,19,25H,9-15H2;2*1H. The highest BCUT2D eigenvalue weighted by molar-refractivity contribution is 6.30. The average molecular weight is 468 g/mol. The maximum atomic E-state index is 10.2. The van der Waals surface area contributed by atoms with E-state index in [0.29, 0.717) is 18.1 Å². The van der Waals surface area contributed by atoms with E-state index >= 15 is 0 Å². The minimum Gasteiger partial charge on any atom is -0.491 e. The van der Waals surface area contributed by atoms with Gasteiger partial charge in [-0.25, -0.2) is 0 Å². The Labute approximate surface area is 189 Å². The molecule has 8 heteroatoms. The van der Waals surface area contributed by atoms with E-state index < -0.39 is 6.10 Å². The summed E-state index contributed by atoms with van der Waals surface area (Å²) in [6.45, 7) is 5.13. The molecule has 2 aromatic carbocycles. The highest BCUT2D eigenvalue weighted by atomic mass is 35.5. The summed E-state index contributed by atoms with van der Waals surface area (Å²) in [5, 5.41) is 11.6. The molecule has 0 saturated carbocycles. The summed E-state index contributed by atoms with van der Waals surface area (Å²) in [5.41, 5.74) is 1.21. The minimum atomic E-state index is -0.472. The Morgan fingerprint density at radius 2 is 1.39 bits per heavy atom. The van der Waals surface area contributed by atoms with Gasteiger partial charge in [-0.15, -0.1) is 24.8 Å². The van der Waals surface area contributed by atoms with E-state index in [1.54, 1.807) is 12.1 Å². The van der Waals surface area contributed by atoms with E-state index in [-0.39, 0.29) is 24.8 Å². The highest BCUT2D eigenvalue weighted by Crippen LogP contribution is 2.20. The second kappa shape index (κ2) is 12.6. The van der Waals surface area contributed by atoms with Gasteiger partial charge in [0.15, 0.2) is 0 Å². The van der Waals surface area contributed by atoms with Crippen LogP contribution in [-0.4, -0.2) is 55.4 Å². The normalized spacial score (nSPS) is 15.3. The van der Waals surface area contributed by atoms with Crippen molar-refractivity contribution in [1.29, 1.82) is 0 Å². The van der Waals surface area contributed by atoms with Crippen LogP contribution in [0.25, 0.3) is 0 Å². The lowest BCUT2D eigenvalue weighted by atomic mass is 10.2. The smallest absolute Gasteiger partial charge is 0.119 e. The van der Waals surface area contributed by atoms with Crippen molar-refractivity contribution in [3.05, 3.63) is 58.6 Å². The maximum absolute atomic E-state index is 10.2. The predicted molar refractivity (Wildman–Crippen MR) is 122 cm³/mol. The largest absolute Gasteiger partial charge is 0.491 e. The van der Waals surface area contributed by atoms with E-state index in [1.165, 1.54) is 5.69 Å². The van der Waals surface area contributed by atoms with Crippen LogP contribution >= 0.6 is 48.0 Å². The lowest BCUT2D eigenvalue weighted by Crippen LogP contribution is -2.47. The Bertz CT molecular complexity index is 678. The summed E-state index contributed by atoms with van der Waals surface area (Å²) in [6, 6.07) is 15.2. The molecular formula is C20H26Cl4N2O2. The number of benzene rings is 2. The van der Waals surface area contributed by atoms with Crippen LogP contribution in [0.3, 0.4) is 0 Å². The molecule has 4 nitrogen and oxygen atoms in total.